The summed E-state index contributed by atoms with van der Waals surface area (Å²) in [4.78, 5) is 5.19. The van der Waals surface area contributed by atoms with Crippen LogP contribution in [0.25, 0.3) is 0 Å². The van der Waals surface area contributed by atoms with E-state index in [4.69, 9.17) is 151 Å². The first-order chi connectivity index (χ1) is 62.4. The molecule has 0 heterocycles. The van der Waals surface area contributed by atoms with Crippen LogP contribution in [0.15, 0.2) is 0 Å². The first-order valence-electron chi connectivity index (χ1n) is 46.9. The lowest BCUT2D eigenvalue weighted by molar-refractivity contribution is -0.215. The fourth-order valence-corrected chi connectivity index (χ4v) is 17.4. The Kier molecular flexibility index (Phi) is 102. The van der Waals surface area contributed by atoms with Gasteiger partial charge in [0.1, 0.15) is 0 Å². The van der Waals surface area contributed by atoms with Crippen molar-refractivity contribution in [1.82, 2.24) is 0 Å². The molecule has 0 aliphatic rings. The van der Waals surface area contributed by atoms with Crippen LogP contribution in [-0.4, -0.2) is 382 Å². The fourth-order valence-electron chi connectivity index (χ4n) is 10.8. The Morgan fingerprint density at radius 3 is 0.516 bits per heavy atom. The molecule has 5 unspecified atom stereocenters. The molecule has 5 atom stereocenters. The van der Waals surface area contributed by atoms with Crippen molar-refractivity contribution < 1.29 is 168 Å². The molecule has 0 spiro atoms. The van der Waals surface area contributed by atoms with Crippen LogP contribution in [0.4, 0.5) is 0 Å². The maximum Gasteiger partial charge on any atom is 0.355 e. The number of hydrogen-bond donors (Lipinski definition) is 1. The van der Waals surface area contributed by atoms with E-state index in [1.54, 1.807) is 0 Å². The van der Waals surface area contributed by atoms with Crippen molar-refractivity contribution >= 4 is 59.6 Å². The van der Waals surface area contributed by atoms with Gasteiger partial charge < -0.3 is 141 Å². The van der Waals surface area contributed by atoms with Crippen LogP contribution < -0.4 is 5.73 Å². The Morgan fingerprint density at radius 2 is 0.320 bits per heavy atom. The summed E-state index contributed by atoms with van der Waals surface area (Å²) in [5.41, 5.74) is 5.49. The highest BCUT2D eigenvalue weighted by Gasteiger charge is 2.22. The second kappa shape index (κ2) is 102. The maximum atomic E-state index is 12.6. The van der Waals surface area contributed by atoms with Crippen molar-refractivity contribution in [3.8, 4) is 0 Å². The Labute approximate surface area is 778 Å². The topological polar surface area (TPSA) is 398 Å². The minimum absolute atomic E-state index is 0.0892. The Balaban J connectivity index is 3.39. The molecule has 0 saturated carbocycles. The summed E-state index contributed by atoms with van der Waals surface area (Å²) in [5, 5.41) is 0. The van der Waals surface area contributed by atoms with Gasteiger partial charge in [0.05, 0.1) is 330 Å². The summed E-state index contributed by atoms with van der Waals surface area (Å²) in [6.45, 7) is 25.4. The van der Waals surface area contributed by atoms with Gasteiger partial charge in [-0.25, -0.2) is 4.89 Å². The third-order valence-corrected chi connectivity index (χ3v) is 26.4. The van der Waals surface area contributed by atoms with E-state index in [0.717, 1.165) is 44.9 Å². The molecule has 0 bridgehead atoms. The summed E-state index contributed by atoms with van der Waals surface area (Å²) in [6, 6.07) is 0. The van der Waals surface area contributed by atoms with Crippen molar-refractivity contribution in [1.29, 1.82) is 0 Å². The monoisotopic (exact) mass is 1990 g/mol. The van der Waals surface area contributed by atoms with Gasteiger partial charge in [-0.15, -0.1) is 4.67 Å². The van der Waals surface area contributed by atoms with Crippen molar-refractivity contribution in [2.75, 3.05) is 382 Å². The number of rotatable bonds is 115. The molecule has 0 rings (SSSR count). The summed E-state index contributed by atoms with van der Waals surface area (Å²) >= 11 is 0. The largest absolute Gasteiger partial charge is 0.377 e. The molecular formula is C84H176NO36P5S2. The Morgan fingerprint density at radius 1 is 0.172 bits per heavy atom. The molecule has 44 heteroatoms. The SMILES string of the molecule is CCCCCCCCCCCCCCCCCCCSSCCCCCCOOP(C)(=O)OCCOCCOCCOCCOCCOCCOP(C)(=O)OCCOCCOCCOCCOCCOCCOP(C)(=O)OCCOCCOCCOCCOCCOCCOP(C)(=O)OCCOCCOCCOCCOCCOCCOP(C)(=O)OCCCCCCN. The molecule has 0 aromatic carbocycles. The van der Waals surface area contributed by atoms with E-state index in [2.05, 4.69) is 6.92 Å². The second-order valence-corrected chi connectivity index (χ2v) is 42.3. The van der Waals surface area contributed by atoms with Crippen molar-refractivity contribution in [2.45, 2.75) is 167 Å². The van der Waals surface area contributed by atoms with Gasteiger partial charge in [-0.1, -0.05) is 157 Å². The maximum absolute atomic E-state index is 12.6. The zero-order valence-corrected chi connectivity index (χ0v) is 85.6. The smallest absolute Gasteiger partial charge is 0.355 e. The third-order valence-electron chi connectivity index (χ3n) is 17.6. The molecule has 0 aliphatic carbocycles. The first-order valence-corrected chi connectivity index (χ1v) is 59.4. The van der Waals surface area contributed by atoms with Crippen LogP contribution in [0.1, 0.15) is 167 Å². The molecular weight excluding hydrogens is 1820 g/mol. The molecule has 0 aromatic rings. The molecule has 2 N–H and O–H groups in total. The molecule has 0 aliphatic heterocycles. The number of ether oxygens (including phenoxy) is 20. The van der Waals surface area contributed by atoms with E-state index in [1.807, 2.05) is 21.6 Å². The first kappa shape index (κ1) is 129. The van der Waals surface area contributed by atoms with Gasteiger partial charge >= 0.3 is 38.0 Å². The zero-order valence-electron chi connectivity index (χ0n) is 79.5. The normalized spacial score (nSPS) is 14.4. The van der Waals surface area contributed by atoms with E-state index in [9.17, 15) is 22.8 Å². The molecule has 37 nitrogen and oxygen atoms in total. The van der Waals surface area contributed by atoms with Crippen LogP contribution in [0.5, 0.6) is 0 Å². The highest BCUT2D eigenvalue weighted by Crippen LogP contribution is 2.46. The van der Waals surface area contributed by atoms with Crippen molar-refractivity contribution in [3.05, 3.63) is 0 Å². The standard InChI is InChI=1S/C84H176NO36P5S2/c1-7-8-9-10-11-12-13-14-15-16-17-18-19-20-21-25-30-83-127-128-84-31-26-24-28-33-111-121-126(6,90)120-82-74-110-66-58-102-50-42-94-41-49-101-57-65-109-73-81-119-125(5,89)118-80-72-108-64-56-100-48-40-93-39-47-99-55-63-107-71-79-117-124(4,88)116-78-70-106-62-54-98-46-38-92-37-45-97-53-61-105-69-77-115-123(3,87)114-76-68-104-60-52-96-44-36-91-35-43-95-51-59-103-67-75-113-122(2,86)112-34-29-23-22-27-32-85/h7-85H2,1-6H3. The molecule has 770 valence electrons. The fraction of sp³-hybridized carbons (Fsp3) is 1.00. The molecule has 0 fully saturated rings. The summed E-state index contributed by atoms with van der Waals surface area (Å²) < 4.78 is 226. The summed E-state index contributed by atoms with van der Waals surface area (Å²) in [6.07, 6.45) is 32.0. The minimum atomic E-state index is -3.33. The molecule has 128 heavy (non-hydrogen) atoms. The van der Waals surface area contributed by atoms with Crippen molar-refractivity contribution in [3.63, 3.8) is 0 Å². The van der Waals surface area contributed by atoms with Crippen LogP contribution >= 0.6 is 59.6 Å². The second-order valence-electron chi connectivity index (χ2n) is 29.4. The summed E-state index contributed by atoms with van der Waals surface area (Å²) in [7, 11) is -12.2. The lowest BCUT2D eigenvalue weighted by atomic mass is 10.0. The molecule has 0 aromatic heterocycles. The number of nitrogens with two attached hydrogens (primary N) is 1. The average Bonchev–Trinajstić information content (AvgIpc) is 0.961. The number of hydrogen-bond acceptors (Lipinski definition) is 39. The van der Waals surface area contributed by atoms with E-state index in [1.165, 1.54) is 160 Å². The van der Waals surface area contributed by atoms with E-state index in [-0.39, 0.29) is 106 Å². The lowest BCUT2D eigenvalue weighted by Crippen LogP contribution is -2.15. The summed E-state index contributed by atoms with van der Waals surface area (Å²) in [5.74, 6) is 2.42. The molecule has 0 radical (unpaired) electrons. The van der Waals surface area contributed by atoms with Crippen LogP contribution in [-0.2, 0) is 168 Å². The van der Waals surface area contributed by atoms with Gasteiger partial charge in [0.25, 0.3) is 0 Å². The van der Waals surface area contributed by atoms with E-state index in [0.29, 0.717) is 231 Å². The van der Waals surface area contributed by atoms with Gasteiger partial charge in [0, 0.05) is 44.8 Å². The minimum Gasteiger partial charge on any atom is -0.377 e. The highest BCUT2D eigenvalue weighted by atomic mass is 33.1. The molecule has 0 amide bonds. The predicted octanol–water partition coefficient (Wildman–Crippen LogP) is 15.6. The van der Waals surface area contributed by atoms with Gasteiger partial charge in [-0.2, -0.15) is 0 Å². The Hall–Kier alpha value is 0.570. The Bertz CT molecular complexity index is 2470. The third kappa shape index (κ3) is 109. The average molecular weight is 2000 g/mol. The predicted molar refractivity (Wildman–Crippen MR) is 500 cm³/mol. The van der Waals surface area contributed by atoms with Crippen molar-refractivity contribution in [2.24, 2.45) is 5.73 Å². The van der Waals surface area contributed by atoms with Crippen LogP contribution in [0.3, 0.4) is 0 Å². The van der Waals surface area contributed by atoms with Gasteiger partial charge in [-0.05, 0) is 38.6 Å². The van der Waals surface area contributed by atoms with Crippen LogP contribution in [0.2, 0.25) is 0 Å². The van der Waals surface area contributed by atoms with Gasteiger partial charge in [0.2, 0.25) is 0 Å². The quantitative estimate of drug-likeness (QED) is 0.0194. The highest BCUT2D eigenvalue weighted by molar-refractivity contribution is 8.76. The van der Waals surface area contributed by atoms with Crippen LogP contribution in [0, 0.1) is 0 Å². The van der Waals surface area contributed by atoms with Gasteiger partial charge in [-0.3, -0.25) is 22.8 Å². The van der Waals surface area contributed by atoms with Gasteiger partial charge in [0.15, 0.2) is 0 Å². The zero-order chi connectivity index (χ0) is 93.0. The van der Waals surface area contributed by atoms with E-state index < -0.39 is 38.0 Å². The lowest BCUT2D eigenvalue weighted by Gasteiger charge is -2.14. The molecule has 0 saturated heterocycles. The number of unbranched alkanes of at least 4 members (excludes halogenated alkanes) is 22. The van der Waals surface area contributed by atoms with E-state index >= 15 is 0 Å².